The van der Waals surface area contributed by atoms with Gasteiger partial charge < -0.3 is 9.47 Å². The molecule has 6 nitrogen and oxygen atoms in total. The second-order valence-electron chi connectivity index (χ2n) is 5.27. The van der Waals surface area contributed by atoms with Gasteiger partial charge in [0.1, 0.15) is 11.3 Å². The number of thiazole rings is 1. The van der Waals surface area contributed by atoms with Gasteiger partial charge in [0.25, 0.3) is 0 Å². The fraction of sp³-hybridized carbons (Fsp3) is 0.250. The fourth-order valence-electron chi connectivity index (χ4n) is 2.06. The number of thioether (sulfide) groups is 1. The molecule has 0 fully saturated rings. The SMILES string of the molecule is CN(Cc1csc(-c2ccccc2)n1)C(=O)CSc1nncn1C. The highest BCUT2D eigenvalue weighted by atomic mass is 32.2. The van der Waals surface area contributed by atoms with Crippen molar-refractivity contribution in [2.75, 3.05) is 12.8 Å². The number of carbonyl (C=O) groups excluding carboxylic acids is 1. The van der Waals surface area contributed by atoms with Gasteiger partial charge in [0.15, 0.2) is 5.16 Å². The van der Waals surface area contributed by atoms with E-state index in [1.54, 1.807) is 34.2 Å². The summed E-state index contributed by atoms with van der Waals surface area (Å²) in [4.78, 5) is 18.6. The van der Waals surface area contributed by atoms with E-state index in [0.717, 1.165) is 21.4 Å². The van der Waals surface area contributed by atoms with Crippen LogP contribution >= 0.6 is 23.1 Å². The van der Waals surface area contributed by atoms with Gasteiger partial charge in [-0.15, -0.1) is 21.5 Å². The number of aryl methyl sites for hydroxylation is 1. The van der Waals surface area contributed by atoms with Crippen molar-refractivity contribution in [3.63, 3.8) is 0 Å². The highest BCUT2D eigenvalue weighted by Gasteiger charge is 2.14. The maximum Gasteiger partial charge on any atom is 0.233 e. The molecule has 3 aromatic rings. The molecule has 0 unspecified atom stereocenters. The Morgan fingerprint density at radius 3 is 2.83 bits per heavy atom. The van der Waals surface area contributed by atoms with Crippen LogP contribution in [0.5, 0.6) is 0 Å². The zero-order chi connectivity index (χ0) is 16.9. The first-order valence-corrected chi connectivity index (χ1v) is 9.20. The third-order valence-electron chi connectivity index (χ3n) is 3.39. The van der Waals surface area contributed by atoms with Gasteiger partial charge in [-0.2, -0.15) is 0 Å². The van der Waals surface area contributed by atoms with Crippen LogP contribution in [0.15, 0.2) is 47.2 Å². The summed E-state index contributed by atoms with van der Waals surface area (Å²) in [7, 11) is 3.65. The number of rotatable bonds is 6. The fourth-order valence-corrected chi connectivity index (χ4v) is 3.71. The summed E-state index contributed by atoms with van der Waals surface area (Å²) >= 11 is 2.98. The molecule has 1 aromatic carbocycles. The van der Waals surface area contributed by atoms with Gasteiger partial charge in [-0.3, -0.25) is 4.79 Å². The van der Waals surface area contributed by atoms with Crippen molar-refractivity contribution in [3.8, 4) is 10.6 Å². The second-order valence-corrected chi connectivity index (χ2v) is 7.07. The van der Waals surface area contributed by atoms with E-state index < -0.39 is 0 Å². The van der Waals surface area contributed by atoms with Crippen molar-refractivity contribution in [1.82, 2.24) is 24.6 Å². The van der Waals surface area contributed by atoms with Crippen LogP contribution in [0.4, 0.5) is 0 Å². The molecule has 2 aromatic heterocycles. The summed E-state index contributed by atoms with van der Waals surface area (Å²) in [6.45, 7) is 0.502. The topological polar surface area (TPSA) is 63.9 Å². The molecular weight excluding hydrogens is 342 g/mol. The largest absolute Gasteiger partial charge is 0.339 e. The van der Waals surface area contributed by atoms with Gasteiger partial charge in [-0.1, -0.05) is 42.1 Å². The first-order chi connectivity index (χ1) is 11.6. The molecule has 0 saturated heterocycles. The molecule has 0 aliphatic carbocycles. The van der Waals surface area contributed by atoms with Crippen molar-refractivity contribution in [3.05, 3.63) is 47.7 Å². The first kappa shape index (κ1) is 16.7. The zero-order valence-corrected chi connectivity index (χ0v) is 15.0. The van der Waals surface area contributed by atoms with E-state index in [1.165, 1.54) is 11.8 Å². The molecule has 0 spiro atoms. The van der Waals surface area contributed by atoms with E-state index in [9.17, 15) is 4.79 Å². The van der Waals surface area contributed by atoms with Crippen LogP contribution in [0.2, 0.25) is 0 Å². The van der Waals surface area contributed by atoms with Crippen LogP contribution in [-0.4, -0.2) is 43.4 Å². The molecule has 2 heterocycles. The minimum atomic E-state index is 0.0391. The van der Waals surface area contributed by atoms with Crippen LogP contribution in [-0.2, 0) is 18.4 Å². The van der Waals surface area contributed by atoms with Gasteiger partial charge in [-0.25, -0.2) is 4.98 Å². The number of amides is 1. The van der Waals surface area contributed by atoms with Gasteiger partial charge in [0.2, 0.25) is 5.91 Å². The summed E-state index contributed by atoms with van der Waals surface area (Å²) in [6.07, 6.45) is 1.62. The standard InChI is InChI=1S/C16H17N5OS2/c1-20(14(22)10-24-16-19-17-11-21(16)2)8-13-9-23-15(18-13)12-6-4-3-5-7-12/h3-7,9,11H,8,10H2,1-2H3. The normalized spacial score (nSPS) is 10.8. The quantitative estimate of drug-likeness (QED) is 0.633. The summed E-state index contributed by atoms with van der Waals surface area (Å²) in [5.41, 5.74) is 2.00. The second kappa shape index (κ2) is 7.59. The molecule has 1 amide bonds. The Morgan fingerprint density at radius 2 is 2.12 bits per heavy atom. The van der Waals surface area contributed by atoms with E-state index in [1.807, 2.05) is 42.8 Å². The third-order valence-corrected chi connectivity index (χ3v) is 5.35. The van der Waals surface area contributed by atoms with Gasteiger partial charge in [0, 0.05) is 25.0 Å². The van der Waals surface area contributed by atoms with Crippen molar-refractivity contribution in [1.29, 1.82) is 0 Å². The minimum Gasteiger partial charge on any atom is -0.339 e. The molecule has 0 N–H and O–H groups in total. The predicted octanol–water partition coefficient (Wildman–Crippen LogP) is 2.69. The Balaban J connectivity index is 1.56. The molecule has 0 aliphatic rings. The average molecular weight is 359 g/mol. The molecule has 0 bridgehead atoms. The number of carbonyl (C=O) groups is 1. The lowest BCUT2D eigenvalue weighted by Crippen LogP contribution is -2.28. The summed E-state index contributed by atoms with van der Waals surface area (Å²) in [5, 5.41) is 11.5. The van der Waals surface area contributed by atoms with Crippen molar-refractivity contribution < 1.29 is 4.79 Å². The summed E-state index contributed by atoms with van der Waals surface area (Å²) < 4.78 is 1.80. The predicted molar refractivity (Wildman–Crippen MR) is 95.8 cm³/mol. The third kappa shape index (κ3) is 4.01. The van der Waals surface area contributed by atoms with Crippen LogP contribution in [0.3, 0.4) is 0 Å². The van der Waals surface area contributed by atoms with Gasteiger partial charge in [-0.05, 0) is 0 Å². The highest BCUT2D eigenvalue weighted by Crippen LogP contribution is 2.24. The van der Waals surface area contributed by atoms with Crippen LogP contribution in [0.25, 0.3) is 10.6 Å². The lowest BCUT2D eigenvalue weighted by atomic mass is 10.2. The smallest absolute Gasteiger partial charge is 0.233 e. The summed E-state index contributed by atoms with van der Waals surface area (Å²) in [5.74, 6) is 0.371. The Bertz CT molecular complexity index is 815. The highest BCUT2D eigenvalue weighted by molar-refractivity contribution is 7.99. The van der Waals surface area contributed by atoms with E-state index in [0.29, 0.717) is 12.3 Å². The Hall–Kier alpha value is -2.19. The Morgan fingerprint density at radius 1 is 1.33 bits per heavy atom. The number of nitrogens with zero attached hydrogens (tertiary/aromatic N) is 5. The molecule has 124 valence electrons. The van der Waals surface area contributed by atoms with E-state index in [4.69, 9.17) is 0 Å². The van der Waals surface area contributed by atoms with Crippen molar-refractivity contribution in [2.24, 2.45) is 7.05 Å². The molecule has 0 radical (unpaired) electrons. The Labute approximate surface area is 148 Å². The maximum absolute atomic E-state index is 12.3. The van der Waals surface area contributed by atoms with Gasteiger partial charge in [0.05, 0.1) is 18.0 Å². The van der Waals surface area contributed by atoms with E-state index in [2.05, 4.69) is 15.2 Å². The van der Waals surface area contributed by atoms with Crippen LogP contribution < -0.4 is 0 Å². The number of aromatic nitrogens is 4. The van der Waals surface area contributed by atoms with E-state index in [-0.39, 0.29) is 5.91 Å². The molecular formula is C16H17N5OS2. The van der Waals surface area contributed by atoms with Crippen molar-refractivity contribution in [2.45, 2.75) is 11.7 Å². The number of hydrogen-bond donors (Lipinski definition) is 0. The Kier molecular flexibility index (Phi) is 5.27. The average Bonchev–Trinajstić information content (AvgIpc) is 3.22. The monoisotopic (exact) mass is 359 g/mol. The van der Waals surface area contributed by atoms with Gasteiger partial charge >= 0.3 is 0 Å². The lowest BCUT2D eigenvalue weighted by molar-refractivity contribution is -0.127. The molecule has 24 heavy (non-hydrogen) atoms. The molecule has 3 rings (SSSR count). The molecule has 0 aliphatic heterocycles. The number of hydrogen-bond acceptors (Lipinski definition) is 6. The summed E-state index contributed by atoms with van der Waals surface area (Å²) in [6, 6.07) is 10.1. The zero-order valence-electron chi connectivity index (χ0n) is 13.4. The van der Waals surface area contributed by atoms with Crippen molar-refractivity contribution >= 4 is 29.0 Å². The first-order valence-electron chi connectivity index (χ1n) is 7.34. The number of benzene rings is 1. The van der Waals surface area contributed by atoms with E-state index >= 15 is 0 Å². The molecule has 0 saturated carbocycles. The lowest BCUT2D eigenvalue weighted by Gasteiger charge is -2.15. The minimum absolute atomic E-state index is 0.0391. The van der Waals surface area contributed by atoms with Crippen LogP contribution in [0.1, 0.15) is 5.69 Å². The molecule has 0 atom stereocenters. The maximum atomic E-state index is 12.3. The van der Waals surface area contributed by atoms with Crippen LogP contribution in [0, 0.1) is 0 Å². The molecule has 8 heteroatoms.